The molecule has 23 heavy (non-hydrogen) atoms. The normalized spacial score (nSPS) is 14.1. The number of hydrogen-bond donors (Lipinski definition) is 0. The number of nitrogens with zero attached hydrogens (tertiary/aromatic N) is 1. The van der Waals surface area contributed by atoms with E-state index in [0.29, 0.717) is 11.5 Å². The van der Waals surface area contributed by atoms with Crippen molar-refractivity contribution in [2.24, 2.45) is 0 Å². The average molecular weight is 315 g/mol. The maximum atomic E-state index is 14.4. The zero-order valence-corrected chi connectivity index (χ0v) is 13.6. The summed E-state index contributed by atoms with van der Waals surface area (Å²) in [5.74, 6) is 1.01. The van der Waals surface area contributed by atoms with E-state index in [1.54, 1.807) is 19.2 Å². The first-order chi connectivity index (χ1) is 11.2. The number of aryl methyl sites for hydroxylation is 1. The molecule has 0 spiro atoms. The third kappa shape index (κ3) is 3.41. The lowest BCUT2D eigenvalue weighted by atomic mass is 10.1. The van der Waals surface area contributed by atoms with Gasteiger partial charge >= 0.3 is 0 Å². The Morgan fingerprint density at radius 3 is 2.39 bits per heavy atom. The van der Waals surface area contributed by atoms with Crippen LogP contribution >= 0.6 is 0 Å². The highest BCUT2D eigenvalue weighted by Crippen LogP contribution is 2.35. The zero-order valence-electron chi connectivity index (χ0n) is 13.6. The van der Waals surface area contributed by atoms with Crippen LogP contribution in [0.3, 0.4) is 0 Å². The molecule has 0 radical (unpaired) electrons. The smallest absolute Gasteiger partial charge is 0.169 e. The van der Waals surface area contributed by atoms with Crippen LogP contribution in [0.15, 0.2) is 36.4 Å². The Kier molecular flexibility index (Phi) is 4.70. The van der Waals surface area contributed by atoms with Crippen molar-refractivity contribution in [1.29, 1.82) is 0 Å². The van der Waals surface area contributed by atoms with Gasteiger partial charge < -0.3 is 14.4 Å². The Morgan fingerprint density at radius 2 is 1.74 bits per heavy atom. The number of anilines is 1. The summed E-state index contributed by atoms with van der Waals surface area (Å²) in [6, 6.07) is 10.9. The van der Waals surface area contributed by atoms with E-state index in [1.807, 2.05) is 24.3 Å². The maximum Gasteiger partial charge on any atom is 0.169 e. The topological polar surface area (TPSA) is 21.7 Å². The molecule has 122 valence electrons. The molecule has 0 N–H and O–H groups in total. The van der Waals surface area contributed by atoms with Crippen LogP contribution in [0.4, 0.5) is 10.1 Å². The predicted molar refractivity (Wildman–Crippen MR) is 90.3 cm³/mol. The van der Waals surface area contributed by atoms with E-state index in [9.17, 15) is 4.39 Å². The van der Waals surface area contributed by atoms with Crippen molar-refractivity contribution in [2.75, 3.05) is 25.1 Å². The van der Waals surface area contributed by atoms with Crippen LogP contribution in [0.25, 0.3) is 0 Å². The molecule has 3 nitrogen and oxygen atoms in total. The molecule has 0 atom stereocenters. The summed E-state index contributed by atoms with van der Waals surface area (Å²) in [7, 11) is 1.59. The van der Waals surface area contributed by atoms with Gasteiger partial charge in [0.1, 0.15) is 0 Å². The molecule has 0 aliphatic carbocycles. The van der Waals surface area contributed by atoms with Crippen molar-refractivity contribution >= 4 is 5.69 Å². The molecule has 1 fully saturated rings. The van der Waals surface area contributed by atoms with Crippen LogP contribution in [0, 0.1) is 5.82 Å². The van der Waals surface area contributed by atoms with E-state index in [4.69, 9.17) is 9.47 Å². The summed E-state index contributed by atoms with van der Waals surface area (Å²) in [4.78, 5) is 2.20. The molecule has 0 saturated carbocycles. The fourth-order valence-electron chi connectivity index (χ4n) is 2.88. The van der Waals surface area contributed by atoms with Crippen LogP contribution in [0.2, 0.25) is 0 Å². The molecular formula is C19H22FNO2. The third-order valence-electron chi connectivity index (χ3n) is 4.24. The minimum atomic E-state index is -0.351. The number of ether oxygens (including phenoxy) is 2. The molecule has 3 rings (SSSR count). The summed E-state index contributed by atoms with van der Waals surface area (Å²) in [5.41, 5.74) is 2.07. The Bertz CT molecular complexity index is 681. The second kappa shape index (κ2) is 6.90. The maximum absolute atomic E-state index is 14.4. The fourth-order valence-corrected chi connectivity index (χ4v) is 2.88. The van der Waals surface area contributed by atoms with E-state index >= 15 is 0 Å². The number of hydrogen-bond acceptors (Lipinski definition) is 3. The highest BCUT2D eigenvalue weighted by atomic mass is 19.1. The van der Waals surface area contributed by atoms with E-state index in [1.165, 1.54) is 12.8 Å². The van der Waals surface area contributed by atoms with E-state index in [2.05, 4.69) is 11.8 Å². The largest absolute Gasteiger partial charge is 0.493 e. The highest BCUT2D eigenvalue weighted by molar-refractivity contribution is 5.52. The predicted octanol–water partition coefficient (Wildman–Crippen LogP) is 4.79. The SMILES string of the molecule is CCc1ccc(Oc2ccc(N3CCCC3)cc2F)c(OC)c1. The first-order valence-electron chi connectivity index (χ1n) is 8.10. The van der Waals surface area contributed by atoms with Gasteiger partial charge in [0.05, 0.1) is 7.11 Å². The van der Waals surface area contributed by atoms with Gasteiger partial charge in [0.15, 0.2) is 23.1 Å². The quantitative estimate of drug-likeness (QED) is 0.792. The molecule has 0 bridgehead atoms. The summed E-state index contributed by atoms with van der Waals surface area (Å²) in [6.45, 7) is 4.06. The van der Waals surface area contributed by atoms with Crippen molar-refractivity contribution in [3.05, 3.63) is 47.8 Å². The lowest BCUT2D eigenvalue weighted by Gasteiger charge is -2.18. The number of rotatable bonds is 5. The van der Waals surface area contributed by atoms with Gasteiger partial charge in [0.25, 0.3) is 0 Å². The Labute approximate surface area is 136 Å². The van der Waals surface area contributed by atoms with Crippen molar-refractivity contribution in [2.45, 2.75) is 26.2 Å². The molecule has 2 aromatic rings. The molecule has 1 heterocycles. The monoisotopic (exact) mass is 315 g/mol. The summed E-state index contributed by atoms with van der Waals surface area (Å²) in [6.07, 6.45) is 3.25. The van der Waals surface area contributed by atoms with Gasteiger partial charge in [0, 0.05) is 24.8 Å². The van der Waals surface area contributed by atoms with Crippen LogP contribution in [0.5, 0.6) is 17.2 Å². The molecule has 0 unspecified atom stereocenters. The number of benzene rings is 2. The van der Waals surface area contributed by atoms with Gasteiger partial charge in [-0.15, -0.1) is 0 Å². The van der Waals surface area contributed by atoms with Crippen LogP contribution in [0.1, 0.15) is 25.3 Å². The lowest BCUT2D eigenvalue weighted by Crippen LogP contribution is -2.17. The highest BCUT2D eigenvalue weighted by Gasteiger charge is 2.15. The van der Waals surface area contributed by atoms with Crippen LogP contribution in [-0.4, -0.2) is 20.2 Å². The van der Waals surface area contributed by atoms with E-state index in [-0.39, 0.29) is 11.6 Å². The van der Waals surface area contributed by atoms with Gasteiger partial charge in [-0.1, -0.05) is 13.0 Å². The molecule has 1 aliphatic rings. The Balaban J connectivity index is 1.82. The minimum absolute atomic E-state index is 0.218. The lowest BCUT2D eigenvalue weighted by molar-refractivity contribution is 0.370. The number of methoxy groups -OCH3 is 1. The van der Waals surface area contributed by atoms with Crippen molar-refractivity contribution in [3.8, 4) is 17.2 Å². The molecule has 1 saturated heterocycles. The van der Waals surface area contributed by atoms with Crippen LogP contribution < -0.4 is 14.4 Å². The van der Waals surface area contributed by atoms with Gasteiger partial charge in [-0.25, -0.2) is 4.39 Å². The van der Waals surface area contributed by atoms with E-state index in [0.717, 1.165) is 30.8 Å². The van der Waals surface area contributed by atoms with Gasteiger partial charge in [-0.2, -0.15) is 0 Å². The molecule has 4 heteroatoms. The summed E-state index contributed by atoms with van der Waals surface area (Å²) >= 11 is 0. The van der Waals surface area contributed by atoms with E-state index < -0.39 is 0 Å². The van der Waals surface area contributed by atoms with Crippen molar-refractivity contribution < 1.29 is 13.9 Å². The first kappa shape index (κ1) is 15.7. The molecule has 0 aromatic heterocycles. The number of halogens is 1. The average Bonchev–Trinajstić information content (AvgIpc) is 3.11. The second-order valence-electron chi connectivity index (χ2n) is 5.75. The van der Waals surface area contributed by atoms with Crippen molar-refractivity contribution in [1.82, 2.24) is 0 Å². The third-order valence-corrected chi connectivity index (χ3v) is 4.24. The van der Waals surface area contributed by atoms with Crippen molar-refractivity contribution in [3.63, 3.8) is 0 Å². The van der Waals surface area contributed by atoms with Gasteiger partial charge in [-0.05, 0) is 49.1 Å². The molecular weight excluding hydrogens is 293 g/mol. The Hall–Kier alpha value is -2.23. The summed E-state index contributed by atoms with van der Waals surface area (Å²) in [5, 5.41) is 0. The standard InChI is InChI=1S/C19H22FNO2/c1-3-14-6-8-18(19(12-14)22-2)23-17-9-7-15(13-16(17)20)21-10-4-5-11-21/h6-9,12-13H,3-5,10-11H2,1-2H3. The second-order valence-corrected chi connectivity index (χ2v) is 5.75. The Morgan fingerprint density at radius 1 is 1.00 bits per heavy atom. The summed E-state index contributed by atoms with van der Waals surface area (Å²) < 4.78 is 25.5. The van der Waals surface area contributed by atoms with Crippen LogP contribution in [-0.2, 0) is 6.42 Å². The van der Waals surface area contributed by atoms with Gasteiger partial charge in [-0.3, -0.25) is 0 Å². The minimum Gasteiger partial charge on any atom is -0.493 e. The molecule has 0 amide bonds. The fraction of sp³-hybridized carbons (Fsp3) is 0.368. The molecule has 1 aliphatic heterocycles. The van der Waals surface area contributed by atoms with Gasteiger partial charge in [0.2, 0.25) is 0 Å². The zero-order chi connectivity index (χ0) is 16.2. The molecule has 2 aromatic carbocycles. The first-order valence-corrected chi connectivity index (χ1v) is 8.10.